The molecule has 6 heteroatoms. The van der Waals surface area contributed by atoms with E-state index in [1.165, 1.54) is 6.07 Å². The molecule has 0 atom stereocenters. The molecule has 114 valence electrons. The number of hydrogen-bond donors (Lipinski definition) is 2. The average Bonchev–Trinajstić information content (AvgIpc) is 2.48. The van der Waals surface area contributed by atoms with Crippen LogP contribution in [0, 0.1) is 5.92 Å². The first-order valence-corrected chi connectivity index (χ1v) is 7.00. The van der Waals surface area contributed by atoms with Crippen LogP contribution in [0.5, 0.6) is 0 Å². The number of aromatic carboxylic acids is 1. The molecule has 1 saturated heterocycles. The fraction of sp³-hybridized carbons (Fsp3) is 0.467. The highest BCUT2D eigenvalue weighted by Gasteiger charge is 2.19. The quantitative estimate of drug-likeness (QED) is 0.892. The van der Waals surface area contributed by atoms with E-state index < -0.39 is 5.97 Å². The van der Waals surface area contributed by atoms with Crippen molar-refractivity contribution in [2.24, 2.45) is 5.92 Å². The van der Waals surface area contributed by atoms with Crippen LogP contribution in [0.15, 0.2) is 24.3 Å². The molecular formula is C15H20N2O4. The van der Waals surface area contributed by atoms with Gasteiger partial charge < -0.3 is 20.1 Å². The molecule has 1 aliphatic heterocycles. The van der Waals surface area contributed by atoms with E-state index in [1.54, 1.807) is 30.1 Å². The topological polar surface area (TPSA) is 78.9 Å². The molecule has 1 heterocycles. The Morgan fingerprint density at radius 2 is 2.00 bits per heavy atom. The van der Waals surface area contributed by atoms with Crippen LogP contribution >= 0.6 is 0 Å². The van der Waals surface area contributed by atoms with E-state index in [0.717, 1.165) is 26.1 Å². The maximum absolute atomic E-state index is 12.2. The summed E-state index contributed by atoms with van der Waals surface area (Å²) in [5, 5.41) is 11.8. The number of amides is 2. The fourth-order valence-electron chi connectivity index (χ4n) is 2.39. The molecule has 1 aliphatic rings. The van der Waals surface area contributed by atoms with Gasteiger partial charge in [-0.15, -0.1) is 0 Å². The Morgan fingerprint density at radius 3 is 2.67 bits per heavy atom. The highest BCUT2D eigenvalue weighted by molar-refractivity contribution is 5.99. The van der Waals surface area contributed by atoms with Gasteiger partial charge in [-0.2, -0.15) is 0 Å². The van der Waals surface area contributed by atoms with Crippen LogP contribution in [0.2, 0.25) is 0 Å². The van der Waals surface area contributed by atoms with Gasteiger partial charge in [0.25, 0.3) is 0 Å². The summed E-state index contributed by atoms with van der Waals surface area (Å²) in [4.78, 5) is 24.9. The van der Waals surface area contributed by atoms with Crippen molar-refractivity contribution in [1.29, 1.82) is 0 Å². The standard InChI is InChI=1S/C15H20N2O4/c1-17(10-11-6-8-21-9-7-11)15(20)16-13-5-3-2-4-12(13)14(18)19/h2-5,11H,6-10H2,1H3,(H,16,20)(H,18,19). The van der Waals surface area contributed by atoms with E-state index in [9.17, 15) is 9.59 Å². The second-order valence-corrected chi connectivity index (χ2v) is 5.22. The minimum absolute atomic E-state index is 0.0883. The molecule has 0 saturated carbocycles. The average molecular weight is 292 g/mol. The van der Waals surface area contributed by atoms with Crippen molar-refractivity contribution in [2.45, 2.75) is 12.8 Å². The van der Waals surface area contributed by atoms with Crippen molar-refractivity contribution in [2.75, 3.05) is 32.1 Å². The summed E-state index contributed by atoms with van der Waals surface area (Å²) < 4.78 is 5.30. The number of benzene rings is 1. The van der Waals surface area contributed by atoms with Crippen LogP contribution in [0.3, 0.4) is 0 Å². The second kappa shape index (κ2) is 7.08. The molecule has 1 fully saturated rings. The lowest BCUT2D eigenvalue weighted by molar-refractivity contribution is 0.0592. The van der Waals surface area contributed by atoms with Gasteiger partial charge in [0.1, 0.15) is 0 Å². The van der Waals surface area contributed by atoms with Crippen molar-refractivity contribution in [3.05, 3.63) is 29.8 Å². The van der Waals surface area contributed by atoms with Gasteiger partial charge in [0.05, 0.1) is 11.3 Å². The molecule has 2 amide bonds. The van der Waals surface area contributed by atoms with Crippen LogP contribution in [-0.4, -0.2) is 48.8 Å². The number of hydrogen-bond acceptors (Lipinski definition) is 3. The molecule has 1 aromatic carbocycles. The summed E-state index contributed by atoms with van der Waals surface area (Å²) >= 11 is 0. The van der Waals surface area contributed by atoms with E-state index in [1.807, 2.05) is 0 Å². The Labute approximate surface area is 123 Å². The number of carboxylic acid groups (broad SMARTS) is 1. The Kier molecular flexibility index (Phi) is 5.16. The van der Waals surface area contributed by atoms with Gasteiger partial charge in [-0.3, -0.25) is 0 Å². The molecule has 1 aromatic rings. The third-order valence-electron chi connectivity index (χ3n) is 3.62. The molecule has 0 unspecified atom stereocenters. The number of carbonyl (C=O) groups excluding carboxylic acids is 1. The lowest BCUT2D eigenvalue weighted by atomic mass is 10.00. The summed E-state index contributed by atoms with van der Waals surface area (Å²) in [5.41, 5.74) is 0.402. The largest absolute Gasteiger partial charge is 0.478 e. The number of para-hydroxylation sites is 1. The van der Waals surface area contributed by atoms with E-state index in [2.05, 4.69) is 5.32 Å². The lowest BCUT2D eigenvalue weighted by Crippen LogP contribution is -2.37. The first-order valence-electron chi connectivity index (χ1n) is 7.00. The molecule has 21 heavy (non-hydrogen) atoms. The number of anilines is 1. The van der Waals surface area contributed by atoms with Crippen molar-refractivity contribution in [3.63, 3.8) is 0 Å². The maximum atomic E-state index is 12.2. The summed E-state index contributed by atoms with van der Waals surface area (Å²) in [6.45, 7) is 2.12. The normalized spacial score (nSPS) is 15.5. The zero-order chi connectivity index (χ0) is 15.2. The van der Waals surface area contributed by atoms with Crippen LogP contribution in [-0.2, 0) is 4.74 Å². The molecular weight excluding hydrogens is 272 g/mol. The van der Waals surface area contributed by atoms with Gasteiger partial charge >= 0.3 is 12.0 Å². The predicted molar refractivity (Wildman–Crippen MR) is 78.6 cm³/mol. The van der Waals surface area contributed by atoms with E-state index in [0.29, 0.717) is 18.2 Å². The number of carbonyl (C=O) groups is 2. The van der Waals surface area contributed by atoms with Crippen molar-refractivity contribution >= 4 is 17.7 Å². The van der Waals surface area contributed by atoms with Gasteiger partial charge in [-0.25, -0.2) is 9.59 Å². The zero-order valence-electron chi connectivity index (χ0n) is 12.0. The van der Waals surface area contributed by atoms with Gasteiger partial charge in [-0.05, 0) is 30.9 Å². The van der Waals surface area contributed by atoms with Crippen molar-refractivity contribution in [3.8, 4) is 0 Å². The second-order valence-electron chi connectivity index (χ2n) is 5.22. The van der Waals surface area contributed by atoms with E-state index in [4.69, 9.17) is 9.84 Å². The predicted octanol–water partition coefficient (Wildman–Crippen LogP) is 2.28. The van der Waals surface area contributed by atoms with Gasteiger partial charge in [0.15, 0.2) is 0 Å². The zero-order valence-corrected chi connectivity index (χ0v) is 12.0. The first-order chi connectivity index (χ1) is 10.1. The molecule has 0 radical (unpaired) electrons. The Morgan fingerprint density at radius 1 is 1.33 bits per heavy atom. The number of carboxylic acids is 1. The van der Waals surface area contributed by atoms with Crippen molar-refractivity contribution in [1.82, 2.24) is 4.90 Å². The molecule has 6 nitrogen and oxygen atoms in total. The number of ether oxygens (including phenoxy) is 1. The summed E-state index contributed by atoms with van der Waals surface area (Å²) in [5.74, 6) is -0.623. The number of rotatable bonds is 4. The first kappa shape index (κ1) is 15.3. The maximum Gasteiger partial charge on any atom is 0.337 e. The molecule has 0 bridgehead atoms. The van der Waals surface area contributed by atoms with Crippen molar-refractivity contribution < 1.29 is 19.4 Å². The van der Waals surface area contributed by atoms with Gasteiger partial charge in [0.2, 0.25) is 0 Å². The number of urea groups is 1. The summed E-state index contributed by atoms with van der Waals surface area (Å²) in [6, 6.07) is 6.08. The molecule has 0 spiro atoms. The van der Waals surface area contributed by atoms with E-state index in [-0.39, 0.29) is 11.6 Å². The fourth-order valence-corrected chi connectivity index (χ4v) is 2.39. The van der Waals surface area contributed by atoms with Crippen LogP contribution < -0.4 is 5.32 Å². The Hall–Kier alpha value is -2.08. The molecule has 0 aromatic heterocycles. The molecule has 2 rings (SSSR count). The molecule has 2 N–H and O–H groups in total. The number of nitrogens with one attached hydrogen (secondary N) is 1. The highest BCUT2D eigenvalue weighted by Crippen LogP contribution is 2.18. The minimum Gasteiger partial charge on any atom is -0.478 e. The van der Waals surface area contributed by atoms with E-state index >= 15 is 0 Å². The Bertz CT molecular complexity index is 512. The summed E-state index contributed by atoms with van der Waals surface area (Å²) in [6.07, 6.45) is 1.90. The third kappa shape index (κ3) is 4.19. The lowest BCUT2D eigenvalue weighted by Gasteiger charge is -2.27. The Balaban J connectivity index is 1.95. The molecule has 0 aliphatic carbocycles. The van der Waals surface area contributed by atoms with Gasteiger partial charge in [-0.1, -0.05) is 12.1 Å². The third-order valence-corrected chi connectivity index (χ3v) is 3.62. The monoisotopic (exact) mass is 292 g/mol. The minimum atomic E-state index is -1.06. The van der Waals surface area contributed by atoms with Crippen LogP contribution in [0.25, 0.3) is 0 Å². The smallest absolute Gasteiger partial charge is 0.337 e. The van der Waals surface area contributed by atoms with Gasteiger partial charge in [0, 0.05) is 26.8 Å². The summed E-state index contributed by atoms with van der Waals surface area (Å²) in [7, 11) is 1.72. The number of nitrogens with zero attached hydrogens (tertiary/aromatic N) is 1. The van der Waals surface area contributed by atoms with Crippen LogP contribution in [0.4, 0.5) is 10.5 Å². The highest BCUT2D eigenvalue weighted by atomic mass is 16.5. The van der Waals surface area contributed by atoms with Crippen LogP contribution in [0.1, 0.15) is 23.2 Å². The SMILES string of the molecule is CN(CC1CCOCC1)C(=O)Nc1ccccc1C(=O)O.